The molecule has 27 nitrogen and oxygen atoms in total. The number of nitrogens with zero attached hydrogens (tertiary/aromatic N) is 6. The first-order valence-corrected chi connectivity index (χ1v) is 22.8. The molecule has 0 aliphatic carbocycles. The number of hydrogen-bond donors (Lipinski definition) is 10. The molecule has 5 amide bonds. The maximum Gasteiger partial charge on any atom is 0.326 e. The van der Waals surface area contributed by atoms with E-state index in [2.05, 4.69) is 21.3 Å². The van der Waals surface area contributed by atoms with Gasteiger partial charge in [-0.25, -0.2) is 14.4 Å². The summed E-state index contributed by atoms with van der Waals surface area (Å²) in [5, 5.41) is 58.6. The molecule has 0 bridgehead atoms. The molecule has 0 spiro atoms. The molecule has 0 unspecified atom stereocenters. The summed E-state index contributed by atoms with van der Waals surface area (Å²) in [6, 6.07) is -3.98. The van der Waals surface area contributed by atoms with Gasteiger partial charge in [0.2, 0.25) is 17.7 Å². The van der Waals surface area contributed by atoms with Gasteiger partial charge in [-0.1, -0.05) is 0 Å². The second kappa shape index (κ2) is 34.4. The molecular weight excluding hydrogens is 915 g/mol. The maximum absolute atomic E-state index is 12.9. The normalized spacial score (nSPS) is 15.4. The van der Waals surface area contributed by atoms with E-state index in [0.717, 1.165) is 0 Å². The molecule has 27 heteroatoms. The van der Waals surface area contributed by atoms with Crippen LogP contribution in [0.15, 0.2) is 0 Å². The summed E-state index contributed by atoms with van der Waals surface area (Å²) >= 11 is 0. The zero-order valence-electron chi connectivity index (χ0n) is 39.9. The first-order chi connectivity index (χ1) is 32.5. The lowest BCUT2D eigenvalue weighted by Crippen LogP contribution is -2.51. The van der Waals surface area contributed by atoms with Crippen molar-refractivity contribution in [1.82, 2.24) is 56.0 Å². The van der Waals surface area contributed by atoms with Crippen molar-refractivity contribution in [1.29, 1.82) is 0 Å². The lowest BCUT2D eigenvalue weighted by molar-refractivity contribution is -0.141. The molecule has 2 atom stereocenters. The number of amides is 5. The smallest absolute Gasteiger partial charge is 0.326 e. The number of carbonyl (C=O) groups excluding carboxylic acids is 6. The minimum absolute atomic E-state index is 0.0211. The van der Waals surface area contributed by atoms with Crippen molar-refractivity contribution in [2.75, 3.05) is 138 Å². The number of aliphatic carboxylic acids is 5. The second-order valence-electron chi connectivity index (χ2n) is 17.0. The van der Waals surface area contributed by atoms with E-state index in [-0.39, 0.29) is 114 Å². The van der Waals surface area contributed by atoms with Gasteiger partial charge in [0.05, 0.1) is 39.3 Å². The molecule has 1 fully saturated rings. The van der Waals surface area contributed by atoms with E-state index in [1.807, 2.05) is 15.1 Å². The Balaban J connectivity index is 2.39. The van der Waals surface area contributed by atoms with Crippen molar-refractivity contribution in [3.63, 3.8) is 0 Å². The van der Waals surface area contributed by atoms with Crippen molar-refractivity contribution in [2.45, 2.75) is 64.0 Å². The van der Waals surface area contributed by atoms with Gasteiger partial charge < -0.3 is 52.1 Å². The van der Waals surface area contributed by atoms with Crippen LogP contribution in [0.5, 0.6) is 0 Å². The molecule has 1 aliphatic rings. The average molecular weight is 988 g/mol. The average Bonchev–Trinajstić information content (AvgIpc) is 3.24. The van der Waals surface area contributed by atoms with E-state index in [4.69, 9.17) is 5.11 Å². The number of Topliss-reactive ketones (excluding diaryl/α,β-unsaturated/α-hetero) is 2. The molecule has 0 aromatic rings. The van der Waals surface area contributed by atoms with Gasteiger partial charge >= 0.3 is 35.9 Å². The first kappa shape index (κ1) is 61.1. The van der Waals surface area contributed by atoms with Gasteiger partial charge in [-0.05, 0) is 46.7 Å². The van der Waals surface area contributed by atoms with Crippen LogP contribution in [0.25, 0.3) is 0 Å². The highest BCUT2D eigenvalue weighted by Crippen LogP contribution is 2.05. The van der Waals surface area contributed by atoms with E-state index >= 15 is 0 Å². The zero-order valence-corrected chi connectivity index (χ0v) is 39.9. The summed E-state index contributed by atoms with van der Waals surface area (Å²) in [6.07, 6.45) is -0.430. The number of carboxylic acids is 5. The van der Waals surface area contributed by atoms with Crippen molar-refractivity contribution in [2.24, 2.45) is 0 Å². The van der Waals surface area contributed by atoms with E-state index < -0.39 is 60.8 Å². The molecule has 0 radical (unpaired) electrons. The summed E-state index contributed by atoms with van der Waals surface area (Å²) in [5.74, 6) is -7.37. The van der Waals surface area contributed by atoms with Crippen LogP contribution in [0.4, 0.5) is 4.79 Å². The van der Waals surface area contributed by atoms with Crippen LogP contribution >= 0.6 is 0 Å². The predicted octanol–water partition coefficient (Wildman–Crippen LogP) is -4.23. The Morgan fingerprint density at radius 3 is 1.38 bits per heavy atom. The van der Waals surface area contributed by atoms with E-state index in [9.17, 15) is 73.2 Å². The molecule has 0 aromatic carbocycles. The lowest BCUT2D eigenvalue weighted by Gasteiger charge is -2.33. The Kier molecular flexibility index (Phi) is 30.5. The molecule has 1 rings (SSSR count). The lowest BCUT2D eigenvalue weighted by atomic mass is 10.1. The third-order valence-corrected chi connectivity index (χ3v) is 10.7. The Labute approximate surface area is 401 Å². The molecule has 1 heterocycles. The summed E-state index contributed by atoms with van der Waals surface area (Å²) in [6.45, 7) is 5.42. The number of rotatable bonds is 33. The highest BCUT2D eigenvalue weighted by molar-refractivity contribution is 5.87. The molecule has 0 saturated carbocycles. The van der Waals surface area contributed by atoms with Gasteiger partial charge in [0.25, 0.3) is 0 Å². The number of urea groups is 1. The van der Waals surface area contributed by atoms with Crippen molar-refractivity contribution in [3.05, 3.63) is 0 Å². The van der Waals surface area contributed by atoms with Crippen molar-refractivity contribution < 1.29 is 78.3 Å². The van der Waals surface area contributed by atoms with Gasteiger partial charge in [0.15, 0.2) is 0 Å². The molecule has 69 heavy (non-hydrogen) atoms. The van der Waals surface area contributed by atoms with Gasteiger partial charge in [0.1, 0.15) is 23.7 Å². The van der Waals surface area contributed by atoms with Crippen molar-refractivity contribution >= 4 is 65.2 Å². The maximum atomic E-state index is 12.9. The molecule has 1 aliphatic heterocycles. The Morgan fingerprint density at radius 2 is 0.913 bits per heavy atom. The summed E-state index contributed by atoms with van der Waals surface area (Å²) < 4.78 is 0. The Bertz CT molecular complexity index is 1690. The van der Waals surface area contributed by atoms with Crippen LogP contribution in [0.2, 0.25) is 0 Å². The number of carbonyl (C=O) groups is 11. The second-order valence-corrected chi connectivity index (χ2v) is 17.0. The van der Waals surface area contributed by atoms with Crippen LogP contribution in [0, 0.1) is 0 Å². The fourth-order valence-corrected chi connectivity index (χ4v) is 6.94. The van der Waals surface area contributed by atoms with E-state index in [1.54, 1.807) is 33.7 Å². The molecule has 1 saturated heterocycles. The first-order valence-electron chi connectivity index (χ1n) is 22.8. The zero-order chi connectivity index (χ0) is 51.9. The standard InChI is InChI=1S/C42H73N11O16/c1-30(54)24-50-16-20-52(28-38(61)62)22-18-51(19-23-53(21-17-50)29-39(63)64)27-36(58)45-13-12-44-35(57)26-49(3)15-14-48(2)25-31(55)7-9-34(56)43-11-5-4-6-32(40(65)66)46-42(69)47-33(41(67)68)8-10-37(59)60/h32-33H,4-29H2,1-3H3,(H,43,56)(H,44,57)(H,45,58)(H,59,60)(H,61,62)(H,63,64)(H,65,66)(H,67,68)(H2,46,47,69)/t32-,33-/m0/s1. The number of ketones is 2. The third kappa shape index (κ3) is 31.7. The van der Waals surface area contributed by atoms with Crippen LogP contribution in [0.1, 0.15) is 51.9 Å². The fourth-order valence-electron chi connectivity index (χ4n) is 6.94. The van der Waals surface area contributed by atoms with E-state index in [1.165, 1.54) is 6.92 Å². The Morgan fingerprint density at radius 1 is 0.478 bits per heavy atom. The minimum atomic E-state index is -1.53. The SMILES string of the molecule is CC(=O)CN1CCN(CC(=O)O)CCN(CC(=O)NCCNC(=O)CN(C)CCN(C)CC(=O)CCC(=O)NCCCC[C@H](NC(=O)N[C@@H](CCC(=O)O)C(=O)O)C(=O)O)CCN(CC(=O)O)CC1. The molecule has 0 aromatic heterocycles. The summed E-state index contributed by atoms with van der Waals surface area (Å²) in [4.78, 5) is 142. The number of unbranched alkanes of at least 4 members (excludes halogenated alkanes) is 1. The molecular formula is C42H73N11O16. The van der Waals surface area contributed by atoms with E-state index in [0.29, 0.717) is 71.9 Å². The fraction of sp³-hybridized carbons (Fsp3) is 0.738. The van der Waals surface area contributed by atoms with Crippen LogP contribution in [0.3, 0.4) is 0 Å². The van der Waals surface area contributed by atoms with Gasteiger partial charge in [0, 0.05) is 104 Å². The number of nitrogens with one attached hydrogen (secondary N) is 5. The molecule has 10 N–H and O–H groups in total. The quantitative estimate of drug-likeness (QED) is 0.0279. The molecule has 392 valence electrons. The number of likely N-dealkylation sites (N-methyl/N-ethyl adjacent to an activating group) is 2. The monoisotopic (exact) mass is 988 g/mol. The van der Waals surface area contributed by atoms with Crippen LogP contribution in [-0.2, 0) is 47.9 Å². The number of carboxylic acid groups (broad SMARTS) is 5. The number of hydrogen-bond acceptors (Lipinski definition) is 17. The third-order valence-electron chi connectivity index (χ3n) is 10.7. The topological polar surface area (TPSA) is 369 Å². The Hall–Kier alpha value is -5.87. The van der Waals surface area contributed by atoms with Gasteiger partial charge in [-0.3, -0.25) is 67.8 Å². The van der Waals surface area contributed by atoms with Gasteiger partial charge in [-0.15, -0.1) is 0 Å². The minimum Gasteiger partial charge on any atom is -0.481 e. The summed E-state index contributed by atoms with van der Waals surface area (Å²) in [7, 11) is 3.46. The highest BCUT2D eigenvalue weighted by Gasteiger charge is 2.25. The highest BCUT2D eigenvalue weighted by atomic mass is 16.4. The summed E-state index contributed by atoms with van der Waals surface area (Å²) in [5.41, 5.74) is 0. The predicted molar refractivity (Wildman–Crippen MR) is 245 cm³/mol. The largest absolute Gasteiger partial charge is 0.481 e. The van der Waals surface area contributed by atoms with Crippen LogP contribution < -0.4 is 26.6 Å². The van der Waals surface area contributed by atoms with Crippen LogP contribution in [-0.4, -0.2) is 271 Å². The van der Waals surface area contributed by atoms with Gasteiger partial charge in [-0.2, -0.15) is 0 Å². The van der Waals surface area contributed by atoms with Crippen molar-refractivity contribution in [3.8, 4) is 0 Å².